The van der Waals surface area contributed by atoms with Crippen LogP contribution < -0.4 is 9.80 Å². The number of anilines is 2. The van der Waals surface area contributed by atoms with E-state index in [1.54, 1.807) is 0 Å². The Kier molecular flexibility index (Phi) is 3.47. The highest BCUT2D eigenvalue weighted by Crippen LogP contribution is 2.32. The minimum atomic E-state index is 0.259. The zero-order valence-electron chi connectivity index (χ0n) is 14.1. The number of hydrogen-bond acceptors (Lipinski definition) is 6. The van der Waals surface area contributed by atoms with E-state index in [0.717, 1.165) is 23.0 Å². The van der Waals surface area contributed by atoms with E-state index in [4.69, 9.17) is 0 Å². The third-order valence-electron chi connectivity index (χ3n) is 4.60. The number of aryl methyl sites for hydroxylation is 1. The Morgan fingerprint density at radius 2 is 1.18 bits per heavy atom. The Morgan fingerprint density at radius 1 is 0.773 bits per heavy atom. The predicted octanol–water partition coefficient (Wildman–Crippen LogP) is 2.23. The van der Waals surface area contributed by atoms with Gasteiger partial charge in [-0.3, -0.25) is 0 Å². The monoisotopic (exact) mass is 300 g/mol. The topological polar surface area (TPSA) is 38.7 Å². The summed E-state index contributed by atoms with van der Waals surface area (Å²) in [5.74, 6) is 2.75. The molecule has 1 aromatic heterocycles. The Hall–Kier alpha value is -2.24. The van der Waals surface area contributed by atoms with Crippen molar-refractivity contribution >= 4 is 11.6 Å². The number of aromatic nitrogens is 2. The maximum Gasteiger partial charge on any atom is 0.143 e. The van der Waals surface area contributed by atoms with Crippen molar-refractivity contribution in [1.29, 1.82) is 0 Å². The summed E-state index contributed by atoms with van der Waals surface area (Å²) < 4.78 is 0. The molecule has 0 radical (unpaired) electrons. The van der Waals surface area contributed by atoms with Crippen molar-refractivity contribution < 1.29 is 0 Å². The van der Waals surface area contributed by atoms with E-state index >= 15 is 0 Å². The number of nitrogens with zero attached hydrogens (tertiary/aromatic N) is 6. The van der Waals surface area contributed by atoms with Gasteiger partial charge in [-0.05, 0) is 27.7 Å². The SMILES string of the molecule is Cc1nc(N2C=CN(C)[C@H]2C)c(C)c(N2C=CN(C)[C@@H]2C)n1. The Morgan fingerprint density at radius 3 is 1.50 bits per heavy atom. The average molecular weight is 300 g/mol. The van der Waals surface area contributed by atoms with Gasteiger partial charge in [0.25, 0.3) is 0 Å². The van der Waals surface area contributed by atoms with Crippen LogP contribution in [0.25, 0.3) is 0 Å². The largest absolute Gasteiger partial charge is 0.359 e. The van der Waals surface area contributed by atoms with E-state index < -0.39 is 0 Å². The molecule has 6 nitrogen and oxygen atoms in total. The number of rotatable bonds is 2. The maximum atomic E-state index is 4.69. The molecule has 118 valence electrons. The molecule has 0 saturated carbocycles. The molecule has 22 heavy (non-hydrogen) atoms. The highest BCUT2D eigenvalue weighted by Gasteiger charge is 2.28. The zero-order chi connectivity index (χ0) is 16.0. The molecule has 0 spiro atoms. The maximum absolute atomic E-state index is 4.69. The predicted molar refractivity (Wildman–Crippen MR) is 89.2 cm³/mol. The van der Waals surface area contributed by atoms with E-state index in [1.165, 1.54) is 0 Å². The molecule has 1 aromatic rings. The average Bonchev–Trinajstić information content (AvgIpc) is 2.98. The summed E-state index contributed by atoms with van der Waals surface area (Å²) in [4.78, 5) is 18.1. The molecule has 0 fully saturated rings. The Balaban J connectivity index is 2.04. The van der Waals surface area contributed by atoms with Crippen LogP contribution >= 0.6 is 0 Å². The van der Waals surface area contributed by atoms with Crippen molar-refractivity contribution in [1.82, 2.24) is 19.8 Å². The highest BCUT2D eigenvalue weighted by atomic mass is 15.4. The van der Waals surface area contributed by atoms with Crippen molar-refractivity contribution in [3.63, 3.8) is 0 Å². The van der Waals surface area contributed by atoms with Gasteiger partial charge in [0.05, 0.1) is 0 Å². The first-order valence-corrected chi connectivity index (χ1v) is 7.62. The quantitative estimate of drug-likeness (QED) is 0.834. The molecule has 6 heteroatoms. The van der Waals surface area contributed by atoms with E-state index in [9.17, 15) is 0 Å². The van der Waals surface area contributed by atoms with E-state index in [0.29, 0.717) is 0 Å². The summed E-state index contributed by atoms with van der Waals surface area (Å²) in [6.45, 7) is 8.39. The van der Waals surface area contributed by atoms with Crippen LogP contribution in [0.15, 0.2) is 24.8 Å². The van der Waals surface area contributed by atoms with Crippen LogP contribution in [-0.4, -0.2) is 46.2 Å². The second-order valence-electron chi connectivity index (χ2n) is 6.05. The van der Waals surface area contributed by atoms with Gasteiger partial charge in [-0.1, -0.05) is 0 Å². The fraction of sp³-hybridized carbons (Fsp3) is 0.500. The standard InChI is InChI=1S/C16H24N6/c1-11-15(21-9-7-19(5)13(21)3)17-12(2)18-16(11)22-10-8-20(6)14(22)4/h7-10,13-14H,1-6H3/t13-,14+. The van der Waals surface area contributed by atoms with Crippen LogP contribution in [0.1, 0.15) is 25.2 Å². The van der Waals surface area contributed by atoms with Gasteiger partial charge in [-0.15, -0.1) is 0 Å². The molecule has 0 bridgehead atoms. The molecule has 0 aliphatic carbocycles. The normalized spacial score (nSPS) is 24.1. The molecule has 0 aromatic carbocycles. The molecule has 2 aliphatic heterocycles. The third-order valence-corrected chi connectivity index (χ3v) is 4.60. The molecule has 2 aliphatic rings. The molecule has 2 atom stereocenters. The molecule has 3 heterocycles. The summed E-state index contributed by atoms with van der Waals surface area (Å²) in [5.41, 5.74) is 1.10. The summed E-state index contributed by atoms with van der Waals surface area (Å²) in [7, 11) is 4.15. The lowest BCUT2D eigenvalue weighted by atomic mass is 10.2. The minimum absolute atomic E-state index is 0.259. The Labute approximate surface area is 132 Å². The van der Waals surface area contributed by atoms with Gasteiger partial charge in [0.2, 0.25) is 0 Å². The van der Waals surface area contributed by atoms with E-state index in [1.807, 2.05) is 6.92 Å². The third kappa shape index (κ3) is 2.19. The smallest absolute Gasteiger partial charge is 0.143 e. The van der Waals surface area contributed by atoms with E-state index in [-0.39, 0.29) is 12.3 Å². The van der Waals surface area contributed by atoms with E-state index in [2.05, 4.69) is 89.2 Å². The summed E-state index contributed by atoms with van der Waals surface area (Å²) in [6.07, 6.45) is 8.84. The first kappa shape index (κ1) is 14.7. The van der Waals surface area contributed by atoms with Crippen LogP contribution in [0, 0.1) is 13.8 Å². The summed E-state index contributed by atoms with van der Waals surface area (Å²) in [5, 5.41) is 0. The molecular formula is C16H24N6. The first-order chi connectivity index (χ1) is 10.4. The minimum Gasteiger partial charge on any atom is -0.359 e. The van der Waals surface area contributed by atoms with Crippen molar-refractivity contribution in [2.75, 3.05) is 23.9 Å². The van der Waals surface area contributed by atoms with Gasteiger partial charge < -0.3 is 19.6 Å². The Bertz CT molecular complexity index is 587. The first-order valence-electron chi connectivity index (χ1n) is 7.62. The highest BCUT2D eigenvalue weighted by molar-refractivity contribution is 5.63. The van der Waals surface area contributed by atoms with Crippen LogP contribution in [-0.2, 0) is 0 Å². The van der Waals surface area contributed by atoms with Crippen molar-refractivity contribution in [2.45, 2.75) is 40.0 Å². The lowest BCUT2D eigenvalue weighted by Crippen LogP contribution is -2.36. The van der Waals surface area contributed by atoms with Gasteiger partial charge in [-0.2, -0.15) is 0 Å². The molecule has 0 amide bonds. The van der Waals surface area contributed by atoms with Crippen LogP contribution in [0.3, 0.4) is 0 Å². The van der Waals surface area contributed by atoms with Gasteiger partial charge in [-0.25, -0.2) is 9.97 Å². The second kappa shape index (κ2) is 5.19. The second-order valence-corrected chi connectivity index (χ2v) is 6.05. The molecule has 3 rings (SSSR count). The number of hydrogen-bond donors (Lipinski definition) is 0. The summed E-state index contributed by atoms with van der Waals surface area (Å²) in [6, 6.07) is 0. The van der Waals surface area contributed by atoms with Crippen molar-refractivity contribution in [3.05, 3.63) is 36.2 Å². The zero-order valence-corrected chi connectivity index (χ0v) is 14.1. The molecular weight excluding hydrogens is 276 g/mol. The molecule has 0 saturated heterocycles. The molecule has 0 unspecified atom stereocenters. The summed E-state index contributed by atoms with van der Waals surface area (Å²) >= 11 is 0. The van der Waals surface area contributed by atoms with Crippen LogP contribution in [0.5, 0.6) is 0 Å². The fourth-order valence-corrected chi connectivity index (χ4v) is 2.84. The van der Waals surface area contributed by atoms with Crippen LogP contribution in [0.2, 0.25) is 0 Å². The van der Waals surface area contributed by atoms with Gasteiger partial charge in [0.15, 0.2) is 0 Å². The lowest BCUT2D eigenvalue weighted by molar-refractivity contribution is 0.379. The lowest BCUT2D eigenvalue weighted by Gasteiger charge is -2.31. The van der Waals surface area contributed by atoms with Crippen LogP contribution in [0.4, 0.5) is 11.6 Å². The fourth-order valence-electron chi connectivity index (χ4n) is 2.84. The van der Waals surface area contributed by atoms with Gasteiger partial charge in [0, 0.05) is 44.5 Å². The van der Waals surface area contributed by atoms with Gasteiger partial charge >= 0.3 is 0 Å². The van der Waals surface area contributed by atoms with Gasteiger partial charge in [0.1, 0.15) is 29.8 Å². The molecule has 0 N–H and O–H groups in total. The van der Waals surface area contributed by atoms with Crippen molar-refractivity contribution in [2.24, 2.45) is 0 Å². The van der Waals surface area contributed by atoms with Crippen molar-refractivity contribution in [3.8, 4) is 0 Å².